The Morgan fingerprint density at radius 3 is 2.63 bits per heavy atom. The highest BCUT2D eigenvalue weighted by atomic mass is 16.6. The van der Waals surface area contributed by atoms with Gasteiger partial charge in [0.2, 0.25) is 0 Å². The fourth-order valence-electron chi connectivity index (χ4n) is 2.91. The predicted octanol–water partition coefficient (Wildman–Crippen LogP) is 4.01. The third kappa shape index (κ3) is 4.15. The van der Waals surface area contributed by atoms with Crippen molar-refractivity contribution in [3.05, 3.63) is 78.5 Å². The van der Waals surface area contributed by atoms with Gasteiger partial charge >= 0.3 is 11.9 Å². The molecule has 0 spiro atoms. The Balaban J connectivity index is 1.69. The van der Waals surface area contributed by atoms with Crippen LogP contribution in [0.15, 0.2) is 77.4 Å². The molecule has 7 heteroatoms. The molecule has 0 saturated carbocycles. The monoisotopic (exact) mass is 402 g/mol. The zero-order valence-corrected chi connectivity index (χ0v) is 16.1. The Morgan fingerprint density at radius 1 is 1.10 bits per heavy atom. The maximum absolute atomic E-state index is 11.9. The number of aromatic nitrogens is 2. The third-order valence-corrected chi connectivity index (χ3v) is 4.38. The number of para-hydroxylation sites is 2. The van der Waals surface area contributed by atoms with E-state index in [1.165, 1.54) is 13.2 Å². The highest BCUT2D eigenvalue weighted by molar-refractivity contribution is 5.90. The van der Waals surface area contributed by atoms with E-state index in [1.807, 2.05) is 60.7 Å². The van der Waals surface area contributed by atoms with Gasteiger partial charge in [0.05, 0.1) is 12.8 Å². The molecule has 150 valence electrons. The number of carbonyl (C=O) groups excluding carboxylic acids is 2. The fourth-order valence-corrected chi connectivity index (χ4v) is 2.91. The third-order valence-electron chi connectivity index (χ3n) is 4.38. The summed E-state index contributed by atoms with van der Waals surface area (Å²) < 4.78 is 17.0. The van der Waals surface area contributed by atoms with Crippen molar-refractivity contribution in [2.45, 2.75) is 0 Å². The van der Waals surface area contributed by atoms with Gasteiger partial charge in [-0.05, 0) is 30.3 Å². The summed E-state index contributed by atoms with van der Waals surface area (Å²) in [6, 6.07) is 19.2. The smallest absolute Gasteiger partial charge is 0.344 e. The molecular formula is C23H18N2O5. The molecule has 0 saturated heterocycles. The van der Waals surface area contributed by atoms with Crippen molar-refractivity contribution >= 4 is 29.0 Å². The van der Waals surface area contributed by atoms with E-state index >= 15 is 0 Å². The molecule has 2 aromatic heterocycles. The molecule has 2 heterocycles. The summed E-state index contributed by atoms with van der Waals surface area (Å²) >= 11 is 0. The summed E-state index contributed by atoms with van der Waals surface area (Å²) in [4.78, 5) is 23.1. The molecule has 0 unspecified atom stereocenters. The number of fused-ring (bicyclic) bond motifs is 1. The second kappa shape index (κ2) is 8.48. The maximum Gasteiger partial charge on any atom is 0.344 e. The molecule has 30 heavy (non-hydrogen) atoms. The van der Waals surface area contributed by atoms with E-state index in [1.54, 1.807) is 17.0 Å². The molecule has 7 nitrogen and oxygen atoms in total. The molecule has 0 aliphatic carbocycles. The summed E-state index contributed by atoms with van der Waals surface area (Å²) in [5, 5.41) is 5.61. The minimum absolute atomic E-state index is 0.445. The average Bonchev–Trinajstić information content (AvgIpc) is 3.40. The first-order chi connectivity index (χ1) is 14.6. The standard InChI is InChI=1S/C23H18N2O5/c1-28-22(27)15-29-21(26)12-11-17-14-25(18-8-3-2-4-9-18)24-23(17)20-13-16-7-5-6-10-19(16)30-20/h2-14H,15H2,1H3. The molecule has 4 rings (SSSR count). The lowest BCUT2D eigenvalue weighted by Gasteiger charge is -1.99. The Labute approximate surface area is 172 Å². The summed E-state index contributed by atoms with van der Waals surface area (Å²) in [6.45, 7) is -0.445. The van der Waals surface area contributed by atoms with Crippen LogP contribution >= 0.6 is 0 Å². The van der Waals surface area contributed by atoms with Crippen LogP contribution in [0.25, 0.3) is 34.2 Å². The Morgan fingerprint density at radius 2 is 1.87 bits per heavy atom. The molecule has 0 amide bonds. The maximum atomic E-state index is 11.9. The summed E-state index contributed by atoms with van der Waals surface area (Å²) in [6.07, 6.45) is 4.61. The van der Waals surface area contributed by atoms with Crippen LogP contribution in [0.3, 0.4) is 0 Å². The van der Waals surface area contributed by atoms with E-state index in [9.17, 15) is 9.59 Å². The van der Waals surface area contributed by atoms with Gasteiger partial charge in [0, 0.05) is 23.2 Å². The normalized spacial score (nSPS) is 11.1. The molecular weight excluding hydrogens is 384 g/mol. The minimum atomic E-state index is -0.664. The Hall–Kier alpha value is -4.13. The topological polar surface area (TPSA) is 83.6 Å². The largest absolute Gasteiger partial charge is 0.466 e. The van der Waals surface area contributed by atoms with Gasteiger partial charge in [0.25, 0.3) is 0 Å². The van der Waals surface area contributed by atoms with Gasteiger partial charge in [-0.25, -0.2) is 14.3 Å². The van der Waals surface area contributed by atoms with Crippen LogP contribution < -0.4 is 0 Å². The number of carbonyl (C=O) groups is 2. The summed E-state index contributed by atoms with van der Waals surface area (Å²) in [7, 11) is 1.23. The molecule has 2 aromatic carbocycles. The highest BCUT2D eigenvalue weighted by Gasteiger charge is 2.15. The first-order valence-corrected chi connectivity index (χ1v) is 9.20. The lowest BCUT2D eigenvalue weighted by atomic mass is 10.2. The van der Waals surface area contributed by atoms with E-state index in [4.69, 9.17) is 9.15 Å². The van der Waals surface area contributed by atoms with Crippen LogP contribution in [0, 0.1) is 0 Å². The number of ether oxygens (including phenoxy) is 2. The molecule has 0 fully saturated rings. The second-order valence-electron chi connectivity index (χ2n) is 6.38. The summed E-state index contributed by atoms with van der Waals surface area (Å²) in [5.41, 5.74) is 2.84. The SMILES string of the molecule is COC(=O)COC(=O)C=Cc1cn(-c2ccccc2)nc1-c1cc2ccccc2o1. The van der Waals surface area contributed by atoms with Crippen LogP contribution in [-0.4, -0.2) is 35.4 Å². The van der Waals surface area contributed by atoms with E-state index < -0.39 is 18.5 Å². The van der Waals surface area contributed by atoms with Crippen molar-refractivity contribution in [2.75, 3.05) is 13.7 Å². The Kier molecular flexibility index (Phi) is 5.43. The van der Waals surface area contributed by atoms with Crippen molar-refractivity contribution in [3.63, 3.8) is 0 Å². The molecule has 0 atom stereocenters. The number of esters is 2. The average molecular weight is 402 g/mol. The lowest BCUT2D eigenvalue weighted by molar-refractivity contribution is -0.154. The fraction of sp³-hybridized carbons (Fsp3) is 0.0870. The highest BCUT2D eigenvalue weighted by Crippen LogP contribution is 2.30. The number of hydrogen-bond acceptors (Lipinski definition) is 6. The van der Waals surface area contributed by atoms with Gasteiger partial charge in [-0.1, -0.05) is 36.4 Å². The molecule has 0 bridgehead atoms. The lowest BCUT2D eigenvalue weighted by Crippen LogP contribution is -2.13. The number of benzene rings is 2. The van der Waals surface area contributed by atoms with Crippen molar-refractivity contribution in [3.8, 4) is 17.1 Å². The molecule has 0 aliphatic rings. The van der Waals surface area contributed by atoms with Crippen molar-refractivity contribution in [1.29, 1.82) is 0 Å². The molecule has 0 N–H and O–H groups in total. The van der Waals surface area contributed by atoms with Gasteiger partial charge in [0.15, 0.2) is 12.4 Å². The van der Waals surface area contributed by atoms with Gasteiger partial charge < -0.3 is 13.9 Å². The first kappa shape index (κ1) is 19.2. The number of hydrogen-bond donors (Lipinski definition) is 0. The number of rotatable bonds is 6. The van der Waals surface area contributed by atoms with E-state index in [2.05, 4.69) is 9.84 Å². The van der Waals surface area contributed by atoms with Crippen LogP contribution in [-0.2, 0) is 19.1 Å². The number of furan rings is 1. The van der Waals surface area contributed by atoms with E-state index in [-0.39, 0.29) is 0 Å². The minimum Gasteiger partial charge on any atom is -0.466 e. The second-order valence-corrected chi connectivity index (χ2v) is 6.38. The van der Waals surface area contributed by atoms with Gasteiger partial charge in [-0.3, -0.25) is 0 Å². The van der Waals surface area contributed by atoms with Crippen molar-refractivity contribution < 1.29 is 23.5 Å². The molecule has 4 aromatic rings. The number of methoxy groups -OCH3 is 1. The van der Waals surface area contributed by atoms with Gasteiger partial charge in [-0.15, -0.1) is 0 Å². The van der Waals surface area contributed by atoms with E-state index in [0.717, 1.165) is 16.7 Å². The van der Waals surface area contributed by atoms with Crippen LogP contribution in [0.4, 0.5) is 0 Å². The van der Waals surface area contributed by atoms with Crippen molar-refractivity contribution in [2.24, 2.45) is 0 Å². The van der Waals surface area contributed by atoms with Crippen molar-refractivity contribution in [1.82, 2.24) is 9.78 Å². The number of nitrogens with zero attached hydrogens (tertiary/aromatic N) is 2. The van der Waals surface area contributed by atoms with Crippen LogP contribution in [0.5, 0.6) is 0 Å². The first-order valence-electron chi connectivity index (χ1n) is 9.20. The zero-order valence-electron chi connectivity index (χ0n) is 16.1. The quantitative estimate of drug-likeness (QED) is 0.358. The molecule has 0 aliphatic heterocycles. The molecule has 0 radical (unpaired) electrons. The zero-order chi connectivity index (χ0) is 20.9. The van der Waals surface area contributed by atoms with Crippen LogP contribution in [0.1, 0.15) is 5.56 Å². The van der Waals surface area contributed by atoms with E-state index in [0.29, 0.717) is 17.0 Å². The predicted molar refractivity (Wildman–Crippen MR) is 111 cm³/mol. The summed E-state index contributed by atoms with van der Waals surface area (Å²) in [5.74, 6) is -0.714. The van der Waals surface area contributed by atoms with Gasteiger partial charge in [0.1, 0.15) is 11.3 Å². The van der Waals surface area contributed by atoms with Crippen LogP contribution in [0.2, 0.25) is 0 Å². The van der Waals surface area contributed by atoms with Gasteiger partial charge in [-0.2, -0.15) is 5.10 Å². The Bertz CT molecular complexity index is 1190.